The number of hydrogen-bond donors (Lipinski definition) is 0. The van der Waals surface area contributed by atoms with Gasteiger partial charge >= 0.3 is 0 Å². The summed E-state index contributed by atoms with van der Waals surface area (Å²) in [5.74, 6) is 5.66. The van der Waals surface area contributed by atoms with Gasteiger partial charge in [0.15, 0.2) is 0 Å². The second kappa shape index (κ2) is 6.38. The number of fused-ring (bicyclic) bond motifs is 7. The summed E-state index contributed by atoms with van der Waals surface area (Å²) in [4.78, 5) is 0. The van der Waals surface area contributed by atoms with Gasteiger partial charge in [-0.25, -0.2) is 0 Å². The summed E-state index contributed by atoms with van der Waals surface area (Å²) in [6.45, 7) is 20.3. The van der Waals surface area contributed by atoms with Crippen LogP contribution in [0.1, 0.15) is 112 Å². The highest BCUT2D eigenvalue weighted by molar-refractivity contribution is 5.18. The molecule has 0 heteroatoms. The highest BCUT2D eigenvalue weighted by Gasteiger charge is 2.68. The highest BCUT2D eigenvalue weighted by atomic mass is 14.7. The molecule has 5 aliphatic carbocycles. The first kappa shape index (κ1) is 20.6. The topological polar surface area (TPSA) is 0 Å². The molecule has 0 radical (unpaired) electrons. The summed E-state index contributed by atoms with van der Waals surface area (Å²) in [5, 5.41) is 0. The maximum Gasteiger partial charge on any atom is -0.0175 e. The Bertz CT molecular complexity index is 686. The van der Waals surface area contributed by atoms with Crippen LogP contribution < -0.4 is 0 Å². The van der Waals surface area contributed by atoms with Crippen LogP contribution in [0.3, 0.4) is 0 Å². The first-order valence-corrected chi connectivity index (χ1v) is 13.2. The Morgan fingerprint density at radius 2 is 1.45 bits per heavy atom. The lowest BCUT2D eigenvalue weighted by molar-refractivity contribution is -0.228. The molecule has 0 aromatic heterocycles. The second-order valence-corrected chi connectivity index (χ2v) is 13.9. The van der Waals surface area contributed by atoms with E-state index in [-0.39, 0.29) is 0 Å². The lowest BCUT2D eigenvalue weighted by Gasteiger charge is -2.72. The molecule has 5 aliphatic rings. The molecule has 5 saturated carbocycles. The van der Waals surface area contributed by atoms with Gasteiger partial charge in [0, 0.05) is 0 Å². The fourth-order valence-electron chi connectivity index (χ4n) is 11.3. The molecule has 29 heavy (non-hydrogen) atoms. The quantitative estimate of drug-likeness (QED) is 0.389. The summed E-state index contributed by atoms with van der Waals surface area (Å²) in [7, 11) is 0. The Morgan fingerprint density at radius 1 is 0.724 bits per heavy atom. The van der Waals surface area contributed by atoms with Crippen LogP contribution >= 0.6 is 0 Å². The van der Waals surface area contributed by atoms with Gasteiger partial charge < -0.3 is 0 Å². The van der Waals surface area contributed by atoms with Crippen LogP contribution in [0.15, 0.2) is 12.2 Å². The lowest BCUT2D eigenvalue weighted by Crippen LogP contribution is -2.64. The summed E-state index contributed by atoms with van der Waals surface area (Å²) in [6, 6.07) is 0. The van der Waals surface area contributed by atoms with Crippen molar-refractivity contribution < 1.29 is 0 Å². The Labute approximate surface area is 181 Å². The van der Waals surface area contributed by atoms with E-state index in [4.69, 9.17) is 0 Å². The molecule has 0 amide bonds. The van der Waals surface area contributed by atoms with Crippen LogP contribution in [0.2, 0.25) is 0 Å². The van der Waals surface area contributed by atoms with Crippen LogP contribution in [-0.2, 0) is 0 Å². The molecule has 9 atom stereocenters. The van der Waals surface area contributed by atoms with Crippen molar-refractivity contribution in [2.45, 2.75) is 112 Å². The van der Waals surface area contributed by atoms with E-state index in [1.54, 1.807) is 0 Å². The third-order valence-corrected chi connectivity index (χ3v) is 12.7. The van der Waals surface area contributed by atoms with Crippen molar-refractivity contribution in [3.63, 3.8) is 0 Å². The fraction of sp³-hybridized carbons (Fsp3) is 0.931. The first-order valence-electron chi connectivity index (χ1n) is 13.2. The van der Waals surface area contributed by atoms with E-state index in [0.29, 0.717) is 21.7 Å². The number of hydrogen-bond acceptors (Lipinski definition) is 0. The predicted molar refractivity (Wildman–Crippen MR) is 125 cm³/mol. The largest absolute Gasteiger partial charge is 0.0999 e. The van der Waals surface area contributed by atoms with Gasteiger partial charge in [-0.05, 0) is 128 Å². The smallest absolute Gasteiger partial charge is 0.0175 e. The standard InChI is InChI=1S/C29H48/c1-19(2)21-10-9-20-13-17-28(6)22(25(20)21)11-12-24-27(5)16-8-15-26(3,4)23(27)14-18-29(24,28)7/h20-25H,1,8-18H2,2-7H3/t20?,21-,22?,23?,24?,25?,27-,28+,29+/m0/s1. The minimum absolute atomic E-state index is 0.556. The maximum absolute atomic E-state index is 4.47. The molecule has 0 saturated heterocycles. The minimum atomic E-state index is 0.556. The van der Waals surface area contributed by atoms with E-state index in [1.807, 2.05) is 0 Å². The van der Waals surface area contributed by atoms with Gasteiger partial charge in [0.2, 0.25) is 0 Å². The van der Waals surface area contributed by atoms with E-state index in [2.05, 4.69) is 48.1 Å². The molecule has 164 valence electrons. The second-order valence-electron chi connectivity index (χ2n) is 13.9. The molecule has 0 aliphatic heterocycles. The zero-order valence-electron chi connectivity index (χ0n) is 20.4. The molecule has 0 aromatic carbocycles. The van der Waals surface area contributed by atoms with Crippen molar-refractivity contribution in [2.75, 3.05) is 0 Å². The third-order valence-electron chi connectivity index (χ3n) is 12.7. The van der Waals surface area contributed by atoms with Gasteiger partial charge in [-0.15, -0.1) is 0 Å². The molecule has 0 heterocycles. The zero-order valence-corrected chi connectivity index (χ0v) is 20.4. The Morgan fingerprint density at radius 3 is 2.17 bits per heavy atom. The van der Waals surface area contributed by atoms with Gasteiger partial charge in [0.25, 0.3) is 0 Å². The maximum atomic E-state index is 4.47. The van der Waals surface area contributed by atoms with Crippen molar-refractivity contribution in [2.24, 2.45) is 57.2 Å². The summed E-state index contributed by atoms with van der Waals surface area (Å²) in [6.07, 6.45) is 16.4. The predicted octanol–water partition coefficient (Wildman–Crippen LogP) is 8.66. The molecular formula is C29H48. The lowest BCUT2D eigenvalue weighted by atomic mass is 9.33. The normalized spacial score (nSPS) is 55.9. The van der Waals surface area contributed by atoms with Crippen molar-refractivity contribution in [3.8, 4) is 0 Å². The van der Waals surface area contributed by atoms with Gasteiger partial charge in [0.05, 0.1) is 0 Å². The Hall–Kier alpha value is -0.260. The zero-order chi connectivity index (χ0) is 20.8. The van der Waals surface area contributed by atoms with Gasteiger partial charge in [-0.3, -0.25) is 0 Å². The summed E-state index contributed by atoms with van der Waals surface area (Å²) >= 11 is 0. The highest BCUT2D eigenvalue weighted by Crippen LogP contribution is 2.76. The fourth-order valence-corrected chi connectivity index (χ4v) is 11.3. The van der Waals surface area contributed by atoms with Gasteiger partial charge in [-0.1, -0.05) is 53.2 Å². The van der Waals surface area contributed by atoms with Crippen molar-refractivity contribution >= 4 is 0 Å². The molecule has 5 fully saturated rings. The minimum Gasteiger partial charge on any atom is -0.0999 e. The van der Waals surface area contributed by atoms with Crippen LogP contribution in [0.25, 0.3) is 0 Å². The van der Waals surface area contributed by atoms with E-state index >= 15 is 0 Å². The average Bonchev–Trinajstić information content (AvgIpc) is 3.06. The van der Waals surface area contributed by atoms with E-state index in [9.17, 15) is 0 Å². The van der Waals surface area contributed by atoms with E-state index in [0.717, 1.165) is 35.5 Å². The van der Waals surface area contributed by atoms with Crippen LogP contribution in [0, 0.1) is 57.2 Å². The molecule has 0 nitrogen and oxygen atoms in total. The first-order chi connectivity index (χ1) is 13.5. The van der Waals surface area contributed by atoms with E-state index in [1.165, 1.54) is 76.2 Å². The van der Waals surface area contributed by atoms with Gasteiger partial charge in [-0.2, -0.15) is 0 Å². The van der Waals surface area contributed by atoms with Crippen molar-refractivity contribution in [1.29, 1.82) is 0 Å². The summed E-state index contributed by atoms with van der Waals surface area (Å²) < 4.78 is 0. The van der Waals surface area contributed by atoms with Crippen LogP contribution in [0.4, 0.5) is 0 Å². The summed E-state index contributed by atoms with van der Waals surface area (Å²) in [5.41, 5.74) is 3.76. The Balaban J connectivity index is 1.53. The number of rotatable bonds is 1. The molecule has 0 aromatic rings. The molecule has 5 rings (SSSR count). The molecule has 5 unspecified atom stereocenters. The Kier molecular flexibility index (Phi) is 4.54. The van der Waals surface area contributed by atoms with Gasteiger partial charge in [0.1, 0.15) is 0 Å². The van der Waals surface area contributed by atoms with Crippen LogP contribution in [-0.4, -0.2) is 0 Å². The van der Waals surface area contributed by atoms with Crippen LogP contribution in [0.5, 0.6) is 0 Å². The molecular weight excluding hydrogens is 348 g/mol. The molecule has 0 bridgehead atoms. The molecule has 0 spiro atoms. The molecule has 0 N–H and O–H groups in total. The number of allylic oxidation sites excluding steroid dienone is 1. The van der Waals surface area contributed by atoms with Crippen molar-refractivity contribution in [1.82, 2.24) is 0 Å². The van der Waals surface area contributed by atoms with Crippen molar-refractivity contribution in [3.05, 3.63) is 12.2 Å². The average molecular weight is 397 g/mol. The SMILES string of the molecule is C=C(C)[C@@H]1CCC2CC[C@]3(C)C(CCC4[C@@]5(C)CCCC(C)(C)C5CC[C@]43C)C21. The third kappa shape index (κ3) is 2.56. The van der Waals surface area contributed by atoms with E-state index < -0.39 is 0 Å². The monoisotopic (exact) mass is 396 g/mol.